The number of amides is 1. The first kappa shape index (κ1) is 16.7. The van der Waals surface area contributed by atoms with Crippen molar-refractivity contribution in [1.29, 1.82) is 0 Å². The first-order chi connectivity index (χ1) is 11.6. The fourth-order valence-corrected chi connectivity index (χ4v) is 2.73. The maximum Gasteiger partial charge on any atom is 0.236 e. The van der Waals surface area contributed by atoms with E-state index in [0.29, 0.717) is 45.3 Å². The molecule has 2 heterocycles. The molecule has 0 spiro atoms. The normalized spacial score (nSPS) is 15.0. The van der Waals surface area contributed by atoms with Gasteiger partial charge in [0.2, 0.25) is 11.8 Å². The highest BCUT2D eigenvalue weighted by atomic mass is 16.5. The van der Waals surface area contributed by atoms with Gasteiger partial charge in [0, 0.05) is 25.2 Å². The first-order valence-corrected chi connectivity index (χ1v) is 8.19. The highest BCUT2D eigenvalue weighted by molar-refractivity contribution is 5.78. The molecule has 24 heavy (non-hydrogen) atoms. The molecule has 2 aromatic rings. The zero-order valence-corrected chi connectivity index (χ0v) is 14.2. The van der Waals surface area contributed by atoms with E-state index < -0.39 is 0 Å². The quantitative estimate of drug-likeness (QED) is 0.839. The van der Waals surface area contributed by atoms with E-state index in [2.05, 4.69) is 4.98 Å². The summed E-state index contributed by atoms with van der Waals surface area (Å²) in [7, 11) is 1.93. The maximum atomic E-state index is 12.3. The van der Waals surface area contributed by atoms with Crippen molar-refractivity contribution < 1.29 is 13.9 Å². The van der Waals surface area contributed by atoms with E-state index in [0.717, 1.165) is 17.0 Å². The third-order valence-electron chi connectivity index (χ3n) is 4.10. The van der Waals surface area contributed by atoms with Crippen LogP contribution in [0.5, 0.6) is 0 Å². The Balaban J connectivity index is 1.61. The number of aryl methyl sites for hydroxylation is 1. The summed E-state index contributed by atoms with van der Waals surface area (Å²) in [6, 6.07) is 9.83. The van der Waals surface area contributed by atoms with Gasteiger partial charge in [0.15, 0.2) is 0 Å². The van der Waals surface area contributed by atoms with E-state index in [1.807, 2.05) is 54.1 Å². The molecular formula is C18H23N3O3. The molecule has 0 unspecified atom stereocenters. The molecule has 1 aliphatic rings. The molecule has 0 atom stereocenters. The third-order valence-corrected chi connectivity index (χ3v) is 4.10. The van der Waals surface area contributed by atoms with Crippen LogP contribution in [0.3, 0.4) is 0 Å². The average Bonchev–Trinajstić information content (AvgIpc) is 2.97. The Morgan fingerprint density at radius 1 is 1.25 bits per heavy atom. The minimum atomic E-state index is 0.130. The molecule has 1 saturated heterocycles. The Morgan fingerprint density at radius 2 is 1.96 bits per heavy atom. The topological polar surface area (TPSA) is 58.8 Å². The van der Waals surface area contributed by atoms with Gasteiger partial charge < -0.3 is 14.1 Å². The van der Waals surface area contributed by atoms with Gasteiger partial charge in [-0.3, -0.25) is 9.69 Å². The molecule has 6 heteroatoms. The predicted octanol–water partition coefficient (Wildman–Crippen LogP) is 1.94. The fourth-order valence-electron chi connectivity index (χ4n) is 2.73. The number of likely N-dealkylation sites (N-methyl/N-ethyl adjacent to an activating group) is 1. The van der Waals surface area contributed by atoms with Crippen molar-refractivity contribution in [2.75, 3.05) is 39.9 Å². The van der Waals surface area contributed by atoms with Gasteiger partial charge in [-0.05, 0) is 26.1 Å². The first-order valence-electron chi connectivity index (χ1n) is 8.19. The van der Waals surface area contributed by atoms with Crippen LogP contribution in [0.15, 0.2) is 34.7 Å². The van der Waals surface area contributed by atoms with Gasteiger partial charge in [-0.25, -0.2) is 4.98 Å². The third kappa shape index (κ3) is 4.01. The summed E-state index contributed by atoms with van der Waals surface area (Å²) in [6.45, 7) is 5.45. The number of carbonyl (C=O) groups excluding carboxylic acids is 1. The smallest absolute Gasteiger partial charge is 0.236 e. The minimum absolute atomic E-state index is 0.130. The second-order valence-electron chi connectivity index (χ2n) is 6.05. The fraction of sp³-hybridized carbons (Fsp3) is 0.444. The summed E-state index contributed by atoms with van der Waals surface area (Å²) in [5.74, 6) is 1.54. The second-order valence-corrected chi connectivity index (χ2v) is 6.05. The summed E-state index contributed by atoms with van der Waals surface area (Å²) in [4.78, 5) is 20.7. The number of oxazole rings is 1. The molecule has 0 radical (unpaired) electrons. The molecule has 0 saturated carbocycles. The Morgan fingerprint density at radius 3 is 2.67 bits per heavy atom. The van der Waals surface area contributed by atoms with Crippen molar-refractivity contribution in [1.82, 2.24) is 14.8 Å². The molecule has 1 fully saturated rings. The summed E-state index contributed by atoms with van der Waals surface area (Å²) in [6.07, 6.45) is 0. The zero-order valence-electron chi connectivity index (χ0n) is 14.2. The second kappa shape index (κ2) is 7.59. The number of hydrogen-bond donors (Lipinski definition) is 0. The Bertz CT molecular complexity index is 678. The molecule has 1 aromatic carbocycles. The SMILES string of the molecule is Cc1oc(-c2ccccc2)nc1CN(C)CC(=O)N1CCOCC1. The Labute approximate surface area is 142 Å². The highest BCUT2D eigenvalue weighted by Crippen LogP contribution is 2.22. The van der Waals surface area contributed by atoms with Crippen LogP contribution in [0.4, 0.5) is 0 Å². The van der Waals surface area contributed by atoms with Crippen LogP contribution in [-0.4, -0.2) is 60.6 Å². The summed E-state index contributed by atoms with van der Waals surface area (Å²) in [5.41, 5.74) is 1.82. The van der Waals surface area contributed by atoms with E-state index in [1.54, 1.807) is 0 Å². The molecule has 0 bridgehead atoms. The van der Waals surface area contributed by atoms with Gasteiger partial charge in [0.1, 0.15) is 5.76 Å². The number of ether oxygens (including phenoxy) is 1. The molecule has 0 aliphatic carbocycles. The van der Waals surface area contributed by atoms with Crippen LogP contribution in [-0.2, 0) is 16.1 Å². The van der Waals surface area contributed by atoms with Crippen LogP contribution < -0.4 is 0 Å². The van der Waals surface area contributed by atoms with Crippen LogP contribution >= 0.6 is 0 Å². The van der Waals surface area contributed by atoms with E-state index in [-0.39, 0.29) is 5.91 Å². The molecule has 1 aromatic heterocycles. The number of rotatable bonds is 5. The zero-order chi connectivity index (χ0) is 16.9. The summed E-state index contributed by atoms with van der Waals surface area (Å²) < 4.78 is 11.1. The van der Waals surface area contributed by atoms with Gasteiger partial charge in [0.05, 0.1) is 25.5 Å². The number of aromatic nitrogens is 1. The lowest BCUT2D eigenvalue weighted by atomic mass is 10.2. The number of hydrogen-bond acceptors (Lipinski definition) is 5. The van der Waals surface area contributed by atoms with Gasteiger partial charge >= 0.3 is 0 Å². The molecule has 1 amide bonds. The van der Waals surface area contributed by atoms with Gasteiger partial charge in [-0.15, -0.1) is 0 Å². The molecule has 128 valence electrons. The van der Waals surface area contributed by atoms with Crippen molar-refractivity contribution in [3.05, 3.63) is 41.8 Å². The Kier molecular flexibility index (Phi) is 5.27. The average molecular weight is 329 g/mol. The lowest BCUT2D eigenvalue weighted by Crippen LogP contribution is -2.44. The largest absolute Gasteiger partial charge is 0.441 e. The van der Waals surface area contributed by atoms with Crippen LogP contribution in [0, 0.1) is 6.92 Å². The van der Waals surface area contributed by atoms with Crippen molar-refractivity contribution in [2.24, 2.45) is 0 Å². The lowest BCUT2D eigenvalue weighted by molar-refractivity contribution is -0.136. The molecule has 3 rings (SSSR count). The van der Waals surface area contributed by atoms with Gasteiger partial charge in [0.25, 0.3) is 0 Å². The molecule has 1 aliphatic heterocycles. The van der Waals surface area contributed by atoms with Crippen molar-refractivity contribution in [3.63, 3.8) is 0 Å². The molecule has 6 nitrogen and oxygen atoms in total. The molecule has 0 N–H and O–H groups in total. The number of morpholine rings is 1. The minimum Gasteiger partial charge on any atom is -0.441 e. The van der Waals surface area contributed by atoms with E-state index in [1.165, 1.54) is 0 Å². The van der Waals surface area contributed by atoms with Crippen molar-refractivity contribution in [3.8, 4) is 11.5 Å². The molecular weight excluding hydrogens is 306 g/mol. The van der Waals surface area contributed by atoms with Gasteiger partial charge in [-0.1, -0.05) is 18.2 Å². The predicted molar refractivity (Wildman–Crippen MR) is 90.4 cm³/mol. The van der Waals surface area contributed by atoms with Crippen LogP contribution in [0.2, 0.25) is 0 Å². The van der Waals surface area contributed by atoms with Gasteiger partial charge in [-0.2, -0.15) is 0 Å². The van der Waals surface area contributed by atoms with E-state index >= 15 is 0 Å². The highest BCUT2D eigenvalue weighted by Gasteiger charge is 2.19. The summed E-state index contributed by atoms with van der Waals surface area (Å²) in [5, 5.41) is 0. The summed E-state index contributed by atoms with van der Waals surface area (Å²) >= 11 is 0. The lowest BCUT2D eigenvalue weighted by Gasteiger charge is -2.28. The van der Waals surface area contributed by atoms with E-state index in [4.69, 9.17) is 9.15 Å². The Hall–Kier alpha value is -2.18. The van der Waals surface area contributed by atoms with Crippen LogP contribution in [0.25, 0.3) is 11.5 Å². The van der Waals surface area contributed by atoms with E-state index in [9.17, 15) is 4.79 Å². The number of benzene rings is 1. The maximum absolute atomic E-state index is 12.3. The van der Waals surface area contributed by atoms with Crippen molar-refractivity contribution in [2.45, 2.75) is 13.5 Å². The van der Waals surface area contributed by atoms with Crippen LogP contribution in [0.1, 0.15) is 11.5 Å². The standard InChI is InChI=1S/C18H23N3O3/c1-14-16(19-18(24-14)15-6-4-3-5-7-15)12-20(2)13-17(22)21-8-10-23-11-9-21/h3-7H,8-13H2,1-2H3. The van der Waals surface area contributed by atoms with Crippen molar-refractivity contribution >= 4 is 5.91 Å². The number of nitrogens with zero attached hydrogens (tertiary/aromatic N) is 3. The number of carbonyl (C=O) groups is 1. The monoisotopic (exact) mass is 329 g/mol.